The van der Waals surface area contributed by atoms with Crippen LogP contribution < -0.4 is 0 Å². The van der Waals surface area contributed by atoms with Gasteiger partial charge in [-0.25, -0.2) is 0 Å². The molecular weight excluding hydrogens is 304 g/mol. The summed E-state index contributed by atoms with van der Waals surface area (Å²) in [4.78, 5) is 14.4. The van der Waals surface area contributed by atoms with Crippen LogP contribution in [0.2, 0.25) is 0 Å². The highest BCUT2D eigenvalue weighted by Crippen LogP contribution is 2.09. The van der Waals surface area contributed by atoms with Gasteiger partial charge in [-0.2, -0.15) is 4.79 Å². The number of benzene rings is 2. The molecule has 2 rings (SSSR count). The molecule has 0 N–H and O–H groups in total. The van der Waals surface area contributed by atoms with Crippen LogP contribution in [0, 0.1) is 0 Å². The Labute approximate surface area is 141 Å². The maximum atomic E-state index is 11.7. The Kier molecular flexibility index (Phi) is 7.57. The summed E-state index contributed by atoms with van der Waals surface area (Å²) in [6.07, 6.45) is 0.585. The molecule has 2 aromatic rings. The fourth-order valence-electron chi connectivity index (χ4n) is 2.18. The monoisotopic (exact) mass is 324 g/mol. The third kappa shape index (κ3) is 6.67. The molecule has 0 heterocycles. The van der Waals surface area contributed by atoms with Crippen LogP contribution in [0.15, 0.2) is 60.7 Å². The summed E-state index contributed by atoms with van der Waals surface area (Å²) in [5, 5.41) is 0. The standard InChI is InChI=1S/C19H20N2O3/c20-21-12-18(22)11-19(24-14-17-9-5-2-6-10-17)15-23-13-16-7-3-1-4-8-16/h1-10,12,19H,11,13-15H2. The van der Waals surface area contributed by atoms with Gasteiger partial charge in [0.1, 0.15) is 0 Å². The normalized spacial score (nSPS) is 11.5. The van der Waals surface area contributed by atoms with Crippen molar-refractivity contribution < 1.29 is 19.1 Å². The first-order valence-corrected chi connectivity index (χ1v) is 7.75. The molecule has 0 aromatic heterocycles. The molecule has 1 unspecified atom stereocenters. The van der Waals surface area contributed by atoms with Gasteiger partial charge >= 0.3 is 6.21 Å². The van der Waals surface area contributed by atoms with Crippen LogP contribution >= 0.6 is 0 Å². The highest BCUT2D eigenvalue weighted by Gasteiger charge is 2.16. The molecule has 0 fully saturated rings. The molecule has 1 atom stereocenters. The smallest absolute Gasteiger partial charge is 0.323 e. The van der Waals surface area contributed by atoms with Gasteiger partial charge in [-0.1, -0.05) is 60.7 Å². The zero-order valence-corrected chi connectivity index (χ0v) is 13.4. The lowest BCUT2D eigenvalue weighted by molar-refractivity contribution is -0.120. The van der Waals surface area contributed by atoms with Gasteiger partial charge < -0.3 is 15.0 Å². The van der Waals surface area contributed by atoms with E-state index in [1.54, 1.807) is 0 Å². The van der Waals surface area contributed by atoms with Gasteiger partial charge in [0.2, 0.25) is 5.78 Å². The molecule has 0 saturated heterocycles. The maximum Gasteiger partial charge on any atom is 0.323 e. The summed E-state index contributed by atoms with van der Waals surface area (Å²) >= 11 is 0. The predicted octanol–water partition coefficient (Wildman–Crippen LogP) is 3.05. The average Bonchev–Trinajstić information content (AvgIpc) is 2.61. The quantitative estimate of drug-likeness (QED) is 0.383. The zero-order valence-electron chi connectivity index (χ0n) is 13.4. The van der Waals surface area contributed by atoms with E-state index in [0.717, 1.165) is 17.3 Å². The fraction of sp³-hybridized carbons (Fsp3) is 0.263. The molecule has 0 bridgehead atoms. The molecule has 0 amide bonds. The Bertz CT molecular complexity index is 668. The first-order valence-electron chi connectivity index (χ1n) is 7.75. The second-order valence-electron chi connectivity index (χ2n) is 5.33. The molecular formula is C19H20N2O3. The lowest BCUT2D eigenvalue weighted by Gasteiger charge is -2.16. The lowest BCUT2D eigenvalue weighted by atomic mass is 10.2. The minimum Gasteiger partial charge on any atom is -0.374 e. The minimum absolute atomic E-state index is 0.103. The van der Waals surface area contributed by atoms with Crippen molar-refractivity contribution in [3.63, 3.8) is 0 Å². The SMILES string of the molecule is [N-]=[N+]=CC(=O)CC(COCc1ccccc1)OCc1ccccc1. The topological polar surface area (TPSA) is 71.9 Å². The number of ketones is 1. The number of carbonyl (C=O) groups excluding carboxylic acids is 1. The Morgan fingerprint density at radius 3 is 2.17 bits per heavy atom. The summed E-state index contributed by atoms with van der Waals surface area (Å²) in [7, 11) is 0. The molecule has 2 aromatic carbocycles. The zero-order chi connectivity index (χ0) is 17.0. The van der Waals surface area contributed by atoms with E-state index in [4.69, 9.17) is 15.0 Å². The number of carbonyl (C=O) groups is 1. The van der Waals surface area contributed by atoms with Gasteiger partial charge in [0.25, 0.3) is 0 Å². The van der Waals surface area contributed by atoms with E-state index in [2.05, 4.69) is 4.79 Å². The molecule has 5 heteroatoms. The van der Waals surface area contributed by atoms with Gasteiger partial charge in [0.05, 0.1) is 25.9 Å². The van der Waals surface area contributed by atoms with Gasteiger partial charge in [-0.15, -0.1) is 0 Å². The highest BCUT2D eigenvalue weighted by molar-refractivity contribution is 6.25. The molecule has 0 aliphatic heterocycles. The molecule has 24 heavy (non-hydrogen) atoms. The number of hydrogen-bond acceptors (Lipinski definition) is 3. The summed E-state index contributed by atoms with van der Waals surface area (Å²) in [6.45, 7) is 1.13. The van der Waals surface area contributed by atoms with E-state index in [9.17, 15) is 4.79 Å². The molecule has 0 radical (unpaired) electrons. The number of rotatable bonds is 10. The second kappa shape index (κ2) is 10.2. The van der Waals surface area contributed by atoms with Crippen LogP contribution in [0.1, 0.15) is 17.5 Å². The average molecular weight is 324 g/mol. The van der Waals surface area contributed by atoms with Crippen molar-refractivity contribution >= 4 is 12.0 Å². The predicted molar refractivity (Wildman–Crippen MR) is 90.4 cm³/mol. The van der Waals surface area contributed by atoms with Crippen molar-refractivity contribution in [1.29, 1.82) is 0 Å². The Hall–Kier alpha value is -2.59. The number of hydrogen-bond donors (Lipinski definition) is 0. The largest absolute Gasteiger partial charge is 0.374 e. The molecule has 0 aliphatic rings. The number of nitrogens with zero attached hydrogens (tertiary/aromatic N) is 2. The van der Waals surface area contributed by atoms with Gasteiger partial charge in [0.15, 0.2) is 0 Å². The van der Waals surface area contributed by atoms with Crippen molar-refractivity contribution in [1.82, 2.24) is 0 Å². The van der Waals surface area contributed by atoms with Crippen molar-refractivity contribution in [2.24, 2.45) is 0 Å². The highest BCUT2D eigenvalue weighted by atomic mass is 16.5. The van der Waals surface area contributed by atoms with Crippen LogP contribution in [0.25, 0.3) is 5.53 Å². The summed E-state index contributed by atoms with van der Waals surface area (Å²) in [5.41, 5.74) is 10.5. The third-order valence-electron chi connectivity index (χ3n) is 3.37. The summed E-state index contributed by atoms with van der Waals surface area (Å²) < 4.78 is 11.5. The van der Waals surface area contributed by atoms with Crippen LogP contribution in [0.3, 0.4) is 0 Å². The number of ether oxygens (including phenoxy) is 2. The van der Waals surface area contributed by atoms with Gasteiger partial charge in [-0.05, 0) is 11.1 Å². The van der Waals surface area contributed by atoms with Crippen LogP contribution in [0.4, 0.5) is 0 Å². The Morgan fingerprint density at radius 2 is 1.58 bits per heavy atom. The first kappa shape index (κ1) is 17.8. The minimum atomic E-state index is -0.403. The van der Waals surface area contributed by atoms with Crippen molar-refractivity contribution in [3.8, 4) is 0 Å². The molecule has 0 aliphatic carbocycles. The van der Waals surface area contributed by atoms with E-state index < -0.39 is 6.10 Å². The van der Waals surface area contributed by atoms with Gasteiger partial charge in [-0.3, -0.25) is 4.79 Å². The number of Topliss-reactive ketones (excluding diaryl/α,β-unsaturated/α-hetero) is 1. The van der Waals surface area contributed by atoms with E-state index in [1.165, 1.54) is 0 Å². The van der Waals surface area contributed by atoms with Crippen LogP contribution in [-0.4, -0.2) is 29.5 Å². The maximum absolute atomic E-state index is 11.7. The van der Waals surface area contributed by atoms with Crippen LogP contribution in [0.5, 0.6) is 0 Å². The van der Waals surface area contributed by atoms with Crippen molar-refractivity contribution in [2.75, 3.05) is 6.61 Å². The molecule has 5 nitrogen and oxygen atoms in total. The van der Waals surface area contributed by atoms with E-state index in [-0.39, 0.29) is 18.8 Å². The second-order valence-corrected chi connectivity index (χ2v) is 5.33. The van der Waals surface area contributed by atoms with Crippen molar-refractivity contribution in [2.45, 2.75) is 25.7 Å². The lowest BCUT2D eigenvalue weighted by Crippen LogP contribution is -2.24. The summed E-state index contributed by atoms with van der Waals surface area (Å²) in [6, 6.07) is 19.5. The first-order chi connectivity index (χ1) is 11.8. The molecule has 0 spiro atoms. The fourth-order valence-corrected chi connectivity index (χ4v) is 2.18. The molecule has 124 valence electrons. The van der Waals surface area contributed by atoms with E-state index in [0.29, 0.717) is 13.2 Å². The van der Waals surface area contributed by atoms with E-state index in [1.807, 2.05) is 60.7 Å². The van der Waals surface area contributed by atoms with Crippen molar-refractivity contribution in [3.05, 3.63) is 77.3 Å². The van der Waals surface area contributed by atoms with Crippen LogP contribution in [-0.2, 0) is 27.5 Å². The Morgan fingerprint density at radius 1 is 1.00 bits per heavy atom. The van der Waals surface area contributed by atoms with Gasteiger partial charge in [0, 0.05) is 6.42 Å². The van der Waals surface area contributed by atoms with E-state index >= 15 is 0 Å². The molecule has 0 saturated carbocycles. The Balaban J connectivity index is 1.86. The summed E-state index contributed by atoms with van der Waals surface area (Å²) in [5.74, 6) is -0.307. The third-order valence-corrected chi connectivity index (χ3v) is 3.37.